The van der Waals surface area contributed by atoms with Crippen LogP contribution in [0.5, 0.6) is 0 Å². The van der Waals surface area contributed by atoms with Crippen LogP contribution in [0.3, 0.4) is 0 Å². The lowest BCUT2D eigenvalue weighted by Crippen LogP contribution is -2.17. The predicted octanol–water partition coefficient (Wildman–Crippen LogP) is 2.07. The summed E-state index contributed by atoms with van der Waals surface area (Å²) >= 11 is 0. The number of benzene rings is 1. The molecule has 1 aliphatic heterocycles. The molecule has 0 fully saturated rings. The molecule has 92 valence electrons. The molecule has 0 saturated carbocycles. The van der Waals surface area contributed by atoms with Crippen molar-refractivity contribution in [3.63, 3.8) is 0 Å². The molecule has 0 radical (unpaired) electrons. The fourth-order valence-electron chi connectivity index (χ4n) is 2.05. The van der Waals surface area contributed by atoms with E-state index in [0.29, 0.717) is 6.54 Å². The van der Waals surface area contributed by atoms with Crippen LogP contribution in [0.25, 0.3) is 0 Å². The number of ether oxygens (including phenoxy) is 1. The van der Waals surface area contributed by atoms with Gasteiger partial charge in [-0.1, -0.05) is 24.3 Å². The molecule has 0 spiro atoms. The van der Waals surface area contributed by atoms with E-state index in [1.165, 1.54) is 11.1 Å². The zero-order chi connectivity index (χ0) is 12.1. The lowest BCUT2D eigenvalue weighted by molar-refractivity contribution is 0.218. The molecule has 1 aliphatic rings. The molecule has 0 saturated heterocycles. The molecule has 0 amide bonds. The van der Waals surface area contributed by atoms with Gasteiger partial charge in [0.1, 0.15) is 6.10 Å². The van der Waals surface area contributed by atoms with E-state index in [-0.39, 0.29) is 6.10 Å². The summed E-state index contributed by atoms with van der Waals surface area (Å²) in [6.45, 7) is 3.62. The van der Waals surface area contributed by atoms with Gasteiger partial charge in [-0.3, -0.25) is 4.99 Å². The molecule has 2 rings (SSSR count). The second-order valence-electron chi connectivity index (χ2n) is 4.50. The third kappa shape index (κ3) is 3.30. The van der Waals surface area contributed by atoms with E-state index in [4.69, 9.17) is 10.5 Å². The normalized spacial score (nSPS) is 18.9. The largest absolute Gasteiger partial charge is 0.475 e. The number of hydrogen-bond acceptors (Lipinski definition) is 3. The molecule has 3 nitrogen and oxygen atoms in total. The molecule has 17 heavy (non-hydrogen) atoms. The second-order valence-corrected chi connectivity index (χ2v) is 4.50. The Morgan fingerprint density at radius 3 is 3.00 bits per heavy atom. The van der Waals surface area contributed by atoms with Gasteiger partial charge in [-0.05, 0) is 31.0 Å². The summed E-state index contributed by atoms with van der Waals surface area (Å²) in [7, 11) is 0. The van der Waals surface area contributed by atoms with Crippen LogP contribution >= 0.6 is 0 Å². The first-order valence-corrected chi connectivity index (χ1v) is 6.24. The minimum absolute atomic E-state index is 0.212. The van der Waals surface area contributed by atoms with Crippen molar-refractivity contribution in [1.29, 1.82) is 0 Å². The monoisotopic (exact) mass is 232 g/mol. The zero-order valence-electron chi connectivity index (χ0n) is 10.4. The molecular formula is C14H20N2O. The van der Waals surface area contributed by atoms with Crippen LogP contribution in [0.1, 0.15) is 24.0 Å². The van der Waals surface area contributed by atoms with Gasteiger partial charge in [0.05, 0.1) is 6.54 Å². The number of hydrogen-bond donors (Lipinski definition) is 1. The molecule has 1 atom stereocenters. The fourth-order valence-corrected chi connectivity index (χ4v) is 2.05. The van der Waals surface area contributed by atoms with E-state index >= 15 is 0 Å². The number of aryl methyl sites for hydroxylation is 1. The molecule has 1 aromatic carbocycles. The predicted molar refractivity (Wildman–Crippen MR) is 70.3 cm³/mol. The first-order valence-electron chi connectivity index (χ1n) is 6.24. The Morgan fingerprint density at radius 2 is 2.24 bits per heavy atom. The molecule has 0 aliphatic carbocycles. The summed E-state index contributed by atoms with van der Waals surface area (Å²) in [5, 5.41) is 0. The molecule has 2 N–H and O–H groups in total. The highest BCUT2D eigenvalue weighted by molar-refractivity contribution is 5.77. The summed E-state index contributed by atoms with van der Waals surface area (Å²) in [5.41, 5.74) is 8.15. The maximum Gasteiger partial charge on any atom is 0.183 e. The quantitative estimate of drug-likeness (QED) is 0.845. The van der Waals surface area contributed by atoms with Crippen LogP contribution in [0.4, 0.5) is 0 Å². The molecule has 1 unspecified atom stereocenters. The highest BCUT2D eigenvalue weighted by Gasteiger charge is 2.19. The van der Waals surface area contributed by atoms with E-state index in [1.54, 1.807) is 0 Å². The van der Waals surface area contributed by atoms with E-state index in [0.717, 1.165) is 31.7 Å². The van der Waals surface area contributed by atoms with Gasteiger partial charge in [0, 0.05) is 12.8 Å². The number of rotatable bonds is 5. The van der Waals surface area contributed by atoms with Crippen molar-refractivity contribution >= 4 is 5.90 Å². The van der Waals surface area contributed by atoms with Crippen molar-refractivity contribution in [2.24, 2.45) is 10.7 Å². The standard InChI is InChI=1S/C14H20N2O/c1-11-5-2-3-6-12(11)9-13-10-16-14(17-13)7-4-8-15/h2-3,5-6,13H,4,7-10,15H2,1H3. The lowest BCUT2D eigenvalue weighted by Gasteiger charge is -2.12. The second kappa shape index (κ2) is 5.82. The Balaban J connectivity index is 1.85. The Bertz CT molecular complexity index is 401. The van der Waals surface area contributed by atoms with Gasteiger partial charge in [0.15, 0.2) is 5.90 Å². The molecule has 1 heterocycles. The van der Waals surface area contributed by atoms with Crippen LogP contribution < -0.4 is 5.73 Å². The van der Waals surface area contributed by atoms with Crippen molar-refractivity contribution < 1.29 is 4.74 Å². The molecule has 3 heteroatoms. The first-order chi connectivity index (χ1) is 8.29. The van der Waals surface area contributed by atoms with Gasteiger partial charge in [-0.2, -0.15) is 0 Å². The molecule has 1 aromatic rings. The Hall–Kier alpha value is -1.35. The minimum Gasteiger partial charge on any atom is -0.475 e. The summed E-state index contributed by atoms with van der Waals surface area (Å²) in [5.74, 6) is 0.883. The van der Waals surface area contributed by atoms with E-state index in [2.05, 4.69) is 36.2 Å². The smallest absolute Gasteiger partial charge is 0.183 e. The van der Waals surface area contributed by atoms with Crippen molar-refractivity contribution in [1.82, 2.24) is 0 Å². The summed E-state index contributed by atoms with van der Waals surface area (Å²) in [4.78, 5) is 4.42. The van der Waals surface area contributed by atoms with Crippen molar-refractivity contribution in [2.45, 2.75) is 32.3 Å². The van der Waals surface area contributed by atoms with Gasteiger partial charge in [0.2, 0.25) is 0 Å². The SMILES string of the molecule is Cc1ccccc1CC1CN=C(CCCN)O1. The summed E-state index contributed by atoms with van der Waals surface area (Å²) in [6, 6.07) is 8.45. The fraction of sp³-hybridized carbons (Fsp3) is 0.500. The van der Waals surface area contributed by atoms with Crippen LogP contribution in [-0.4, -0.2) is 25.1 Å². The maximum absolute atomic E-state index is 5.82. The topological polar surface area (TPSA) is 47.6 Å². The Morgan fingerprint density at radius 1 is 1.41 bits per heavy atom. The van der Waals surface area contributed by atoms with Crippen LogP contribution in [0, 0.1) is 6.92 Å². The minimum atomic E-state index is 0.212. The summed E-state index contributed by atoms with van der Waals surface area (Å²) < 4.78 is 5.82. The van der Waals surface area contributed by atoms with Gasteiger partial charge in [0.25, 0.3) is 0 Å². The third-order valence-corrected chi connectivity index (χ3v) is 3.08. The van der Waals surface area contributed by atoms with Crippen LogP contribution in [0.2, 0.25) is 0 Å². The van der Waals surface area contributed by atoms with Crippen molar-refractivity contribution in [2.75, 3.05) is 13.1 Å². The average Bonchev–Trinajstić information content (AvgIpc) is 2.77. The maximum atomic E-state index is 5.82. The van der Waals surface area contributed by atoms with E-state index in [9.17, 15) is 0 Å². The van der Waals surface area contributed by atoms with E-state index < -0.39 is 0 Å². The summed E-state index contributed by atoms with van der Waals surface area (Å²) in [6.07, 6.45) is 2.99. The Kier molecular flexibility index (Phi) is 4.15. The number of aliphatic imine (C=N–C) groups is 1. The van der Waals surface area contributed by atoms with Gasteiger partial charge < -0.3 is 10.5 Å². The average molecular weight is 232 g/mol. The van der Waals surface area contributed by atoms with Crippen LogP contribution in [0.15, 0.2) is 29.3 Å². The van der Waals surface area contributed by atoms with Crippen LogP contribution in [-0.2, 0) is 11.2 Å². The molecule has 0 bridgehead atoms. The first kappa shape index (κ1) is 12.1. The number of nitrogens with two attached hydrogens (primary N) is 1. The third-order valence-electron chi connectivity index (χ3n) is 3.08. The molecule has 0 aromatic heterocycles. The van der Waals surface area contributed by atoms with Gasteiger partial charge in [-0.15, -0.1) is 0 Å². The van der Waals surface area contributed by atoms with Gasteiger partial charge >= 0.3 is 0 Å². The molecular weight excluding hydrogens is 212 g/mol. The number of nitrogens with zero attached hydrogens (tertiary/aromatic N) is 1. The van der Waals surface area contributed by atoms with Gasteiger partial charge in [-0.25, -0.2) is 0 Å². The zero-order valence-corrected chi connectivity index (χ0v) is 10.4. The van der Waals surface area contributed by atoms with E-state index in [1.807, 2.05) is 0 Å². The van der Waals surface area contributed by atoms with Crippen molar-refractivity contribution in [3.8, 4) is 0 Å². The Labute approximate surface area is 103 Å². The van der Waals surface area contributed by atoms with Crippen molar-refractivity contribution in [3.05, 3.63) is 35.4 Å². The highest BCUT2D eigenvalue weighted by atomic mass is 16.5. The highest BCUT2D eigenvalue weighted by Crippen LogP contribution is 2.16. The lowest BCUT2D eigenvalue weighted by atomic mass is 10.0.